The zero-order valence-corrected chi connectivity index (χ0v) is 13.4. The summed E-state index contributed by atoms with van der Waals surface area (Å²) in [5.41, 5.74) is 5.15. The number of primary amides is 1. The number of hydrogen-bond donors (Lipinski definition) is 2. The van der Waals surface area contributed by atoms with Crippen molar-refractivity contribution in [1.29, 1.82) is 0 Å². The number of nitrogens with one attached hydrogen (secondary N) is 1. The number of carbonyl (C=O) groups excluding carboxylic acids is 2. The fourth-order valence-corrected chi connectivity index (χ4v) is 3.19. The van der Waals surface area contributed by atoms with Crippen LogP contribution in [0, 0.1) is 0 Å². The van der Waals surface area contributed by atoms with Crippen molar-refractivity contribution in [2.24, 2.45) is 5.73 Å². The molecule has 0 unspecified atom stereocenters. The molecule has 1 heterocycles. The zero-order valence-electron chi connectivity index (χ0n) is 11.8. The van der Waals surface area contributed by atoms with E-state index in [0.717, 1.165) is 17.3 Å². The Hall–Kier alpha value is -1.30. The summed E-state index contributed by atoms with van der Waals surface area (Å²) in [4.78, 5) is 24.2. The highest BCUT2D eigenvalue weighted by atomic mass is 79.9. The van der Waals surface area contributed by atoms with Gasteiger partial charge in [-0.15, -0.1) is 0 Å². The van der Waals surface area contributed by atoms with E-state index in [4.69, 9.17) is 5.73 Å². The fourth-order valence-electron chi connectivity index (χ4n) is 2.75. The molecule has 1 aromatic heterocycles. The lowest BCUT2D eigenvalue weighted by atomic mass is 9.96. The van der Waals surface area contributed by atoms with E-state index in [2.05, 4.69) is 21.2 Å². The molecule has 5 nitrogen and oxygen atoms in total. The van der Waals surface area contributed by atoms with Gasteiger partial charge in [0.2, 0.25) is 5.91 Å². The Morgan fingerprint density at radius 3 is 2.50 bits per heavy atom. The van der Waals surface area contributed by atoms with Gasteiger partial charge in [0.25, 0.3) is 5.91 Å². The van der Waals surface area contributed by atoms with E-state index in [-0.39, 0.29) is 11.9 Å². The molecule has 20 heavy (non-hydrogen) atoms. The molecule has 0 aliphatic heterocycles. The number of rotatable bonds is 4. The van der Waals surface area contributed by atoms with Gasteiger partial charge in [0, 0.05) is 16.7 Å². The fraction of sp³-hybridized carbons (Fsp3) is 0.571. The molecule has 1 saturated carbocycles. The van der Waals surface area contributed by atoms with Crippen LogP contribution in [0.25, 0.3) is 0 Å². The summed E-state index contributed by atoms with van der Waals surface area (Å²) >= 11 is 3.38. The van der Waals surface area contributed by atoms with E-state index in [9.17, 15) is 9.59 Å². The second-order valence-corrected chi connectivity index (χ2v) is 6.57. The van der Waals surface area contributed by atoms with E-state index >= 15 is 0 Å². The van der Waals surface area contributed by atoms with Crippen molar-refractivity contribution in [3.8, 4) is 0 Å². The third kappa shape index (κ3) is 2.75. The predicted octanol–water partition coefficient (Wildman–Crippen LogP) is 2.36. The van der Waals surface area contributed by atoms with Crippen molar-refractivity contribution in [3.63, 3.8) is 0 Å². The number of amides is 2. The van der Waals surface area contributed by atoms with Gasteiger partial charge in [-0.1, -0.05) is 12.8 Å². The van der Waals surface area contributed by atoms with E-state index in [1.54, 1.807) is 6.07 Å². The predicted molar refractivity (Wildman–Crippen MR) is 80.4 cm³/mol. The van der Waals surface area contributed by atoms with Crippen LogP contribution in [0.15, 0.2) is 16.7 Å². The standard InChI is InChI=1S/C14H20BrN3O2/c1-9(2)18-8-10(15)7-11(18)12(19)17-14(13(16)20)5-3-4-6-14/h7-9H,3-6H2,1-2H3,(H2,16,20)(H,17,19). The molecule has 0 atom stereocenters. The molecule has 2 amide bonds. The lowest BCUT2D eigenvalue weighted by Crippen LogP contribution is -2.55. The van der Waals surface area contributed by atoms with E-state index in [1.807, 2.05) is 24.6 Å². The SMILES string of the molecule is CC(C)n1cc(Br)cc1C(=O)NC1(C(N)=O)CCCC1. The molecule has 2 rings (SSSR count). The molecule has 1 aliphatic carbocycles. The van der Waals surface area contributed by atoms with Gasteiger partial charge in [0.05, 0.1) is 0 Å². The normalized spacial score (nSPS) is 17.4. The van der Waals surface area contributed by atoms with Gasteiger partial charge in [0.15, 0.2) is 0 Å². The minimum atomic E-state index is -0.879. The number of aromatic nitrogens is 1. The molecule has 1 aliphatic rings. The average molecular weight is 342 g/mol. The number of hydrogen-bond acceptors (Lipinski definition) is 2. The first-order valence-electron chi connectivity index (χ1n) is 6.85. The van der Waals surface area contributed by atoms with Crippen LogP contribution in [0.2, 0.25) is 0 Å². The van der Waals surface area contributed by atoms with Crippen molar-refractivity contribution >= 4 is 27.7 Å². The molecule has 3 N–H and O–H groups in total. The van der Waals surface area contributed by atoms with Crippen molar-refractivity contribution in [2.75, 3.05) is 0 Å². The maximum absolute atomic E-state index is 12.5. The second kappa shape index (κ2) is 5.60. The lowest BCUT2D eigenvalue weighted by molar-refractivity contribution is -0.123. The molecular formula is C14H20BrN3O2. The molecule has 0 saturated heterocycles. The Morgan fingerprint density at radius 2 is 2.00 bits per heavy atom. The minimum absolute atomic E-state index is 0.162. The van der Waals surface area contributed by atoms with Gasteiger partial charge in [-0.05, 0) is 48.7 Å². The number of halogens is 1. The van der Waals surface area contributed by atoms with Gasteiger partial charge >= 0.3 is 0 Å². The van der Waals surface area contributed by atoms with E-state index in [0.29, 0.717) is 18.5 Å². The smallest absolute Gasteiger partial charge is 0.268 e. The summed E-state index contributed by atoms with van der Waals surface area (Å²) in [5, 5.41) is 2.86. The number of nitrogens with zero attached hydrogens (tertiary/aromatic N) is 1. The highest BCUT2D eigenvalue weighted by Crippen LogP contribution is 2.30. The van der Waals surface area contributed by atoms with Crippen LogP contribution in [0.4, 0.5) is 0 Å². The van der Waals surface area contributed by atoms with Crippen LogP contribution in [0.3, 0.4) is 0 Å². The zero-order chi connectivity index (χ0) is 14.9. The van der Waals surface area contributed by atoms with Crippen LogP contribution >= 0.6 is 15.9 Å². The Bertz CT molecular complexity index is 531. The third-order valence-electron chi connectivity index (χ3n) is 3.89. The van der Waals surface area contributed by atoms with Crippen LogP contribution in [0.5, 0.6) is 0 Å². The molecule has 0 radical (unpaired) electrons. The molecule has 0 aromatic carbocycles. The topological polar surface area (TPSA) is 77.1 Å². The van der Waals surface area contributed by atoms with Crippen molar-refractivity contribution < 1.29 is 9.59 Å². The van der Waals surface area contributed by atoms with Gasteiger partial charge in [-0.25, -0.2) is 0 Å². The number of nitrogens with two attached hydrogens (primary N) is 1. The van der Waals surface area contributed by atoms with E-state index < -0.39 is 11.4 Å². The van der Waals surface area contributed by atoms with Crippen LogP contribution in [0.1, 0.15) is 56.1 Å². The molecular weight excluding hydrogens is 322 g/mol. The Balaban J connectivity index is 2.26. The van der Waals surface area contributed by atoms with Crippen LogP contribution < -0.4 is 11.1 Å². The number of carbonyl (C=O) groups is 2. The third-order valence-corrected chi connectivity index (χ3v) is 4.32. The van der Waals surface area contributed by atoms with E-state index in [1.165, 1.54) is 0 Å². The highest BCUT2D eigenvalue weighted by Gasteiger charge is 2.41. The lowest BCUT2D eigenvalue weighted by Gasteiger charge is -2.27. The first kappa shape index (κ1) is 15.1. The Morgan fingerprint density at radius 1 is 1.40 bits per heavy atom. The van der Waals surface area contributed by atoms with Gasteiger partial charge in [-0.3, -0.25) is 9.59 Å². The van der Waals surface area contributed by atoms with Gasteiger partial charge in [0.1, 0.15) is 11.2 Å². The summed E-state index contributed by atoms with van der Waals surface area (Å²) in [6.45, 7) is 4.01. The molecule has 0 bridgehead atoms. The largest absolute Gasteiger partial charge is 0.368 e. The first-order valence-corrected chi connectivity index (χ1v) is 7.65. The summed E-state index contributed by atoms with van der Waals surface area (Å²) < 4.78 is 2.72. The Labute approximate surface area is 127 Å². The molecule has 110 valence electrons. The maximum atomic E-state index is 12.5. The maximum Gasteiger partial charge on any atom is 0.268 e. The average Bonchev–Trinajstić information content (AvgIpc) is 2.96. The van der Waals surface area contributed by atoms with Crippen LogP contribution in [-0.2, 0) is 4.79 Å². The van der Waals surface area contributed by atoms with Gasteiger partial charge in [-0.2, -0.15) is 0 Å². The molecule has 6 heteroatoms. The van der Waals surface area contributed by atoms with Crippen molar-refractivity contribution in [2.45, 2.75) is 51.1 Å². The Kier molecular flexibility index (Phi) is 4.22. The first-order chi connectivity index (χ1) is 9.35. The summed E-state index contributed by atoms with van der Waals surface area (Å²) in [7, 11) is 0. The van der Waals surface area contributed by atoms with Gasteiger partial charge < -0.3 is 15.6 Å². The second-order valence-electron chi connectivity index (χ2n) is 5.65. The minimum Gasteiger partial charge on any atom is -0.368 e. The van der Waals surface area contributed by atoms with Crippen molar-refractivity contribution in [1.82, 2.24) is 9.88 Å². The summed E-state index contributed by atoms with van der Waals surface area (Å²) in [6.07, 6.45) is 4.94. The molecule has 0 spiro atoms. The summed E-state index contributed by atoms with van der Waals surface area (Å²) in [6, 6.07) is 1.93. The quantitative estimate of drug-likeness (QED) is 0.881. The molecule has 1 fully saturated rings. The monoisotopic (exact) mass is 341 g/mol. The highest BCUT2D eigenvalue weighted by molar-refractivity contribution is 9.10. The van der Waals surface area contributed by atoms with Crippen LogP contribution in [-0.4, -0.2) is 21.9 Å². The summed E-state index contributed by atoms with van der Waals surface area (Å²) in [5.74, 6) is -0.685. The van der Waals surface area contributed by atoms with Crippen molar-refractivity contribution in [3.05, 3.63) is 22.4 Å². The molecule has 1 aromatic rings.